The summed E-state index contributed by atoms with van der Waals surface area (Å²) >= 11 is 0. The lowest BCUT2D eigenvalue weighted by Gasteiger charge is -2.35. The summed E-state index contributed by atoms with van der Waals surface area (Å²) in [6, 6.07) is -1.59. The number of aliphatic carboxylic acids is 1. The summed E-state index contributed by atoms with van der Waals surface area (Å²) in [5.41, 5.74) is 4.98. The average molecular weight is 287 g/mol. The Hall–Kier alpha value is -1.83. The summed E-state index contributed by atoms with van der Waals surface area (Å²) < 4.78 is 5.50. The van der Waals surface area contributed by atoms with Crippen LogP contribution in [0.3, 0.4) is 0 Å². The minimum atomic E-state index is -1.19. The lowest BCUT2D eigenvalue weighted by Crippen LogP contribution is -2.54. The van der Waals surface area contributed by atoms with E-state index < -0.39 is 23.9 Å². The number of carboxylic acids is 1. The van der Waals surface area contributed by atoms with Crippen molar-refractivity contribution in [3.8, 4) is 0 Å². The fourth-order valence-electron chi connectivity index (χ4n) is 2.13. The number of urea groups is 1. The fourth-order valence-corrected chi connectivity index (χ4v) is 2.13. The third kappa shape index (κ3) is 5.04. The average Bonchev–Trinajstić information content (AvgIpc) is 2.32. The van der Waals surface area contributed by atoms with E-state index in [1.165, 1.54) is 4.90 Å². The van der Waals surface area contributed by atoms with Gasteiger partial charge in [0.25, 0.3) is 0 Å². The van der Waals surface area contributed by atoms with Crippen molar-refractivity contribution in [3.63, 3.8) is 0 Å². The zero-order chi connectivity index (χ0) is 15.3. The molecule has 0 spiro atoms. The van der Waals surface area contributed by atoms with E-state index >= 15 is 0 Å². The number of nitrogens with two attached hydrogens (primary N) is 1. The van der Waals surface area contributed by atoms with Crippen LogP contribution in [-0.4, -0.2) is 59.3 Å². The first-order valence-corrected chi connectivity index (χ1v) is 6.51. The molecule has 1 rings (SSSR count). The number of carboxylic acid groups (broad SMARTS) is 1. The number of morpholine rings is 1. The summed E-state index contributed by atoms with van der Waals surface area (Å²) in [7, 11) is 0. The number of rotatable bonds is 5. The molecule has 8 heteroatoms. The first-order valence-electron chi connectivity index (χ1n) is 6.51. The third-order valence-corrected chi connectivity index (χ3v) is 2.98. The minimum Gasteiger partial charge on any atom is -0.480 e. The molecule has 8 nitrogen and oxygen atoms in total. The third-order valence-electron chi connectivity index (χ3n) is 2.98. The molecule has 0 aromatic heterocycles. The first kappa shape index (κ1) is 16.2. The minimum absolute atomic E-state index is 0.0220. The zero-order valence-electron chi connectivity index (χ0n) is 11.7. The van der Waals surface area contributed by atoms with E-state index in [0.717, 1.165) is 0 Å². The number of ether oxygens (including phenoxy) is 1. The van der Waals surface area contributed by atoms with E-state index in [-0.39, 0.29) is 25.0 Å². The van der Waals surface area contributed by atoms with Crippen LogP contribution in [0.4, 0.5) is 4.79 Å². The molecule has 1 saturated heterocycles. The SMILES string of the molecule is CC1CN(C(=O)N[C@H](CCC(N)=O)C(=O)O)CC(C)O1. The maximum absolute atomic E-state index is 12.0. The number of hydrogen-bond acceptors (Lipinski definition) is 4. The highest BCUT2D eigenvalue weighted by Gasteiger charge is 2.28. The molecule has 2 unspecified atom stereocenters. The number of carbonyl (C=O) groups is 3. The number of nitrogens with zero attached hydrogens (tertiary/aromatic N) is 1. The number of hydrogen-bond donors (Lipinski definition) is 3. The van der Waals surface area contributed by atoms with Gasteiger partial charge in [-0.3, -0.25) is 4.79 Å². The Balaban J connectivity index is 2.56. The van der Waals surface area contributed by atoms with Crippen LogP contribution in [0, 0.1) is 0 Å². The molecule has 3 atom stereocenters. The Morgan fingerprint density at radius 3 is 2.35 bits per heavy atom. The fraction of sp³-hybridized carbons (Fsp3) is 0.750. The van der Waals surface area contributed by atoms with Crippen molar-refractivity contribution < 1.29 is 24.2 Å². The van der Waals surface area contributed by atoms with Gasteiger partial charge in [0.2, 0.25) is 5.91 Å². The summed E-state index contributed by atoms with van der Waals surface area (Å²) in [6.45, 7) is 4.49. The molecule has 114 valence electrons. The van der Waals surface area contributed by atoms with Gasteiger partial charge in [-0.2, -0.15) is 0 Å². The van der Waals surface area contributed by atoms with Crippen molar-refractivity contribution in [2.75, 3.05) is 13.1 Å². The van der Waals surface area contributed by atoms with Crippen molar-refractivity contribution in [2.45, 2.75) is 44.9 Å². The summed E-state index contributed by atoms with van der Waals surface area (Å²) in [4.78, 5) is 35.3. The van der Waals surface area contributed by atoms with Crippen LogP contribution in [0.2, 0.25) is 0 Å². The highest BCUT2D eigenvalue weighted by Crippen LogP contribution is 2.11. The maximum atomic E-state index is 12.0. The van der Waals surface area contributed by atoms with Crippen LogP contribution in [0.1, 0.15) is 26.7 Å². The second kappa shape index (κ2) is 7.09. The Kier molecular flexibility index (Phi) is 5.75. The standard InChI is InChI=1S/C12H21N3O5/c1-7-5-15(6-8(2)20-7)12(19)14-9(11(17)18)3-4-10(13)16/h7-9H,3-6H2,1-2H3,(H2,13,16)(H,14,19)(H,17,18)/t7?,8?,9-/m1/s1. The van der Waals surface area contributed by atoms with Gasteiger partial charge >= 0.3 is 12.0 Å². The predicted molar refractivity (Wildman–Crippen MR) is 70.0 cm³/mol. The maximum Gasteiger partial charge on any atom is 0.326 e. The molecule has 4 N–H and O–H groups in total. The van der Waals surface area contributed by atoms with E-state index in [0.29, 0.717) is 13.1 Å². The Labute approximate surface area is 117 Å². The van der Waals surface area contributed by atoms with Gasteiger partial charge in [0.05, 0.1) is 12.2 Å². The van der Waals surface area contributed by atoms with E-state index in [2.05, 4.69) is 5.32 Å². The molecule has 0 aromatic carbocycles. The van der Waals surface area contributed by atoms with Gasteiger partial charge < -0.3 is 25.8 Å². The topological polar surface area (TPSA) is 122 Å². The highest BCUT2D eigenvalue weighted by atomic mass is 16.5. The lowest BCUT2D eigenvalue weighted by molar-refractivity contribution is -0.139. The molecule has 0 radical (unpaired) electrons. The molecule has 0 saturated carbocycles. The van der Waals surface area contributed by atoms with Crippen molar-refractivity contribution in [3.05, 3.63) is 0 Å². The van der Waals surface area contributed by atoms with Crippen LogP contribution < -0.4 is 11.1 Å². The monoisotopic (exact) mass is 287 g/mol. The molecular formula is C12H21N3O5. The van der Waals surface area contributed by atoms with Gasteiger partial charge in [0, 0.05) is 19.5 Å². The number of amides is 3. The largest absolute Gasteiger partial charge is 0.480 e. The van der Waals surface area contributed by atoms with Gasteiger partial charge in [-0.1, -0.05) is 0 Å². The van der Waals surface area contributed by atoms with E-state index in [9.17, 15) is 14.4 Å². The zero-order valence-corrected chi connectivity index (χ0v) is 11.7. The van der Waals surface area contributed by atoms with Crippen molar-refractivity contribution >= 4 is 17.9 Å². The van der Waals surface area contributed by atoms with Gasteiger partial charge in [-0.25, -0.2) is 9.59 Å². The van der Waals surface area contributed by atoms with Gasteiger partial charge in [-0.15, -0.1) is 0 Å². The van der Waals surface area contributed by atoms with Gasteiger partial charge in [0.15, 0.2) is 0 Å². The van der Waals surface area contributed by atoms with E-state index in [4.69, 9.17) is 15.6 Å². The first-order chi connectivity index (χ1) is 9.29. The lowest BCUT2D eigenvalue weighted by atomic mass is 10.1. The molecule has 0 bridgehead atoms. The second-order valence-electron chi connectivity index (χ2n) is 5.01. The molecule has 1 aliphatic heterocycles. The summed E-state index contributed by atoms with van der Waals surface area (Å²) in [6.07, 6.45) is -0.309. The Bertz CT molecular complexity index is 377. The number of primary amides is 1. The van der Waals surface area contributed by atoms with E-state index in [1.807, 2.05) is 13.8 Å². The molecule has 0 aliphatic carbocycles. The van der Waals surface area contributed by atoms with Crippen LogP contribution in [0.15, 0.2) is 0 Å². The molecule has 0 aromatic rings. The van der Waals surface area contributed by atoms with Crippen LogP contribution in [0.25, 0.3) is 0 Å². The molecule has 3 amide bonds. The molecule has 1 fully saturated rings. The number of carbonyl (C=O) groups excluding carboxylic acids is 2. The molecule has 1 aliphatic rings. The number of nitrogens with one attached hydrogen (secondary N) is 1. The highest BCUT2D eigenvalue weighted by molar-refractivity contribution is 5.83. The van der Waals surface area contributed by atoms with Gasteiger partial charge in [0.1, 0.15) is 6.04 Å². The van der Waals surface area contributed by atoms with Crippen molar-refractivity contribution in [1.29, 1.82) is 0 Å². The summed E-state index contributed by atoms with van der Waals surface area (Å²) in [5.74, 6) is -1.78. The predicted octanol–water partition coefficient (Wildman–Crippen LogP) is -0.476. The second-order valence-corrected chi connectivity index (χ2v) is 5.01. The Morgan fingerprint density at radius 2 is 1.90 bits per heavy atom. The normalized spacial score (nSPS) is 24.0. The van der Waals surface area contributed by atoms with Crippen LogP contribution in [-0.2, 0) is 14.3 Å². The molecule has 20 heavy (non-hydrogen) atoms. The summed E-state index contributed by atoms with van der Waals surface area (Å²) in [5, 5.41) is 11.4. The van der Waals surface area contributed by atoms with Crippen LogP contribution >= 0.6 is 0 Å². The van der Waals surface area contributed by atoms with Crippen LogP contribution in [0.5, 0.6) is 0 Å². The Morgan fingerprint density at radius 1 is 1.35 bits per heavy atom. The quantitative estimate of drug-likeness (QED) is 0.630. The smallest absolute Gasteiger partial charge is 0.326 e. The van der Waals surface area contributed by atoms with E-state index in [1.54, 1.807) is 0 Å². The van der Waals surface area contributed by atoms with Gasteiger partial charge in [-0.05, 0) is 20.3 Å². The van der Waals surface area contributed by atoms with Crippen molar-refractivity contribution in [2.24, 2.45) is 5.73 Å². The van der Waals surface area contributed by atoms with Crippen molar-refractivity contribution in [1.82, 2.24) is 10.2 Å². The molecule has 1 heterocycles. The molecular weight excluding hydrogens is 266 g/mol.